The predicted molar refractivity (Wildman–Crippen MR) is 11.3 cm³/mol. The summed E-state index contributed by atoms with van der Waals surface area (Å²) in [5, 5.41) is 13.6. The molecule has 4 nitrogen and oxygen atoms in total. The van der Waals surface area contributed by atoms with Crippen LogP contribution in [0.2, 0.25) is 0 Å². The van der Waals surface area contributed by atoms with Crippen molar-refractivity contribution in [2.24, 2.45) is 0 Å². The van der Waals surface area contributed by atoms with Crippen LogP contribution in [-0.4, -0.2) is 10.3 Å². The molecule has 0 aliphatic rings. The maximum Gasteiger partial charge on any atom is 0.291 e. The Labute approximate surface area is 43.1 Å². The molecular weight excluding hydrogens is 136 g/mol. The fourth-order valence-electron chi connectivity index (χ4n) is 0. The molecule has 6 heteroatoms. The fourth-order valence-corrected chi connectivity index (χ4v) is 0. The minimum Gasteiger partial charge on any atom is -0.328 e. The molecular formula is H2FMnNO3. The van der Waals surface area contributed by atoms with Crippen molar-refractivity contribution in [1.29, 1.82) is 0 Å². The van der Waals surface area contributed by atoms with Crippen molar-refractivity contribution >= 4 is 0 Å². The van der Waals surface area contributed by atoms with E-state index in [1.807, 2.05) is 0 Å². The molecule has 6 heavy (non-hydrogen) atoms. The van der Waals surface area contributed by atoms with Crippen molar-refractivity contribution in [2.75, 3.05) is 0 Å². The molecule has 0 saturated carbocycles. The average Bonchev–Trinajstić information content (AvgIpc) is 0.811. The van der Waals surface area contributed by atoms with Gasteiger partial charge >= 0.3 is 0 Å². The normalized spacial score (nSPS) is 4.00. The van der Waals surface area contributed by atoms with Gasteiger partial charge in [0.1, 0.15) is 0 Å². The third-order valence-electron chi connectivity index (χ3n) is 0. The molecule has 0 aliphatic carbocycles. The second-order valence-corrected chi connectivity index (χ2v) is 0.238. The zero-order valence-corrected chi connectivity index (χ0v) is 3.68. The van der Waals surface area contributed by atoms with Crippen molar-refractivity contribution in [3.63, 3.8) is 0 Å². The second-order valence-electron chi connectivity index (χ2n) is 0.238. The molecule has 0 heterocycles. The maximum absolute atomic E-state index is 8.36. The van der Waals surface area contributed by atoms with Gasteiger partial charge in [-0.15, -0.1) is 10.1 Å². The summed E-state index contributed by atoms with van der Waals surface area (Å²) in [5.41, 5.74) is 0. The van der Waals surface area contributed by atoms with E-state index in [0.717, 1.165) is 0 Å². The van der Waals surface area contributed by atoms with Crippen LogP contribution >= 0.6 is 0 Å². The Morgan fingerprint density at radius 1 is 1.67 bits per heavy atom. The van der Waals surface area contributed by atoms with Gasteiger partial charge in [-0.25, -0.2) is 0 Å². The maximum atomic E-state index is 8.36. The first-order chi connectivity index (χ1) is 1.73. The van der Waals surface area contributed by atoms with Gasteiger partial charge in [0.2, 0.25) is 0 Å². The van der Waals surface area contributed by atoms with Crippen LogP contribution in [0.25, 0.3) is 0 Å². The molecule has 0 amide bonds. The van der Waals surface area contributed by atoms with Crippen LogP contribution in [-0.2, 0) is 17.1 Å². The molecule has 0 rings (SSSR count). The fraction of sp³-hybridized carbons (Fsp3) is 0. The van der Waals surface area contributed by atoms with Gasteiger partial charge in [0.15, 0.2) is 0 Å². The monoisotopic (exact) mass is 138 g/mol. The van der Waals surface area contributed by atoms with Crippen LogP contribution < -0.4 is 0 Å². The SMILES string of the molecule is F.O=[N+]([O-])O.[Mn]. The smallest absolute Gasteiger partial charge is 0.291 e. The Bertz CT molecular complexity index is 33.8. The second kappa shape index (κ2) is 8.82. The van der Waals surface area contributed by atoms with Crippen molar-refractivity contribution < 1.29 is 32.1 Å². The topological polar surface area (TPSA) is 63.4 Å². The molecule has 0 fully saturated rings. The Kier molecular flexibility index (Phi) is 25.6. The third kappa shape index (κ3) is 209. The minimum absolute atomic E-state index is 0. The molecule has 39 valence electrons. The molecule has 0 saturated heterocycles. The van der Waals surface area contributed by atoms with Gasteiger partial charge < -0.3 is 5.21 Å². The summed E-state index contributed by atoms with van der Waals surface area (Å²) in [6, 6.07) is 0. The van der Waals surface area contributed by atoms with E-state index in [2.05, 4.69) is 0 Å². The molecule has 0 bridgehead atoms. The number of hydrogen-bond donors (Lipinski definition) is 1. The standard InChI is InChI=1S/FH.Mn.HNO3/c;;2-1(3)4/h1H;;(H,2,3,4). The van der Waals surface area contributed by atoms with E-state index in [0.29, 0.717) is 0 Å². The number of nitrogens with zero attached hydrogens (tertiary/aromatic N) is 1. The summed E-state index contributed by atoms with van der Waals surface area (Å²) in [7, 11) is 0. The Morgan fingerprint density at radius 2 is 1.67 bits per heavy atom. The Balaban J connectivity index is -0.0000000450. The third-order valence-corrected chi connectivity index (χ3v) is 0. The Morgan fingerprint density at radius 3 is 1.67 bits per heavy atom. The summed E-state index contributed by atoms with van der Waals surface area (Å²) in [6.45, 7) is 0. The van der Waals surface area contributed by atoms with Crippen LogP contribution in [0.4, 0.5) is 4.70 Å². The van der Waals surface area contributed by atoms with Crippen molar-refractivity contribution in [1.82, 2.24) is 0 Å². The summed E-state index contributed by atoms with van der Waals surface area (Å²) < 4.78 is 0. The van der Waals surface area contributed by atoms with Crippen LogP contribution in [0.3, 0.4) is 0 Å². The molecule has 0 aromatic carbocycles. The summed E-state index contributed by atoms with van der Waals surface area (Å²) in [5.74, 6) is 0. The van der Waals surface area contributed by atoms with Crippen LogP contribution in [0, 0.1) is 10.1 Å². The molecule has 1 N–H and O–H groups in total. The Hall–Kier alpha value is -0.351. The van der Waals surface area contributed by atoms with Gasteiger partial charge in [-0.05, 0) is 0 Å². The van der Waals surface area contributed by atoms with Crippen molar-refractivity contribution in [3.05, 3.63) is 10.1 Å². The molecule has 1 radical (unpaired) electrons. The average molecular weight is 138 g/mol. The number of hydrogen-bond acceptors (Lipinski definition) is 2. The van der Waals surface area contributed by atoms with Crippen molar-refractivity contribution in [3.8, 4) is 0 Å². The van der Waals surface area contributed by atoms with E-state index >= 15 is 0 Å². The van der Waals surface area contributed by atoms with E-state index in [1.54, 1.807) is 0 Å². The molecule has 0 aromatic heterocycles. The van der Waals surface area contributed by atoms with Gasteiger partial charge in [0, 0.05) is 17.1 Å². The van der Waals surface area contributed by atoms with E-state index in [1.165, 1.54) is 0 Å². The van der Waals surface area contributed by atoms with E-state index in [9.17, 15) is 0 Å². The van der Waals surface area contributed by atoms with Crippen molar-refractivity contribution in [2.45, 2.75) is 0 Å². The molecule has 0 spiro atoms. The summed E-state index contributed by atoms with van der Waals surface area (Å²) >= 11 is 0. The molecule has 0 unspecified atom stereocenters. The van der Waals surface area contributed by atoms with E-state index in [4.69, 9.17) is 15.3 Å². The largest absolute Gasteiger partial charge is 0.328 e. The van der Waals surface area contributed by atoms with Crippen LogP contribution in [0.5, 0.6) is 0 Å². The zero-order chi connectivity index (χ0) is 3.58. The number of halogens is 1. The van der Waals surface area contributed by atoms with E-state index < -0.39 is 5.09 Å². The molecule has 0 atom stereocenters. The predicted octanol–water partition coefficient (Wildman–Crippen LogP) is -0.198. The van der Waals surface area contributed by atoms with Gasteiger partial charge in [-0.1, -0.05) is 0 Å². The van der Waals surface area contributed by atoms with E-state index in [-0.39, 0.29) is 21.8 Å². The van der Waals surface area contributed by atoms with Crippen LogP contribution in [0.1, 0.15) is 0 Å². The first-order valence-corrected chi connectivity index (χ1v) is 0.565. The first kappa shape index (κ1) is 17.4. The summed E-state index contributed by atoms with van der Waals surface area (Å²) in [4.78, 5) is 8.36. The first-order valence-electron chi connectivity index (χ1n) is 0.565. The van der Waals surface area contributed by atoms with Gasteiger partial charge in [-0.3, -0.25) is 4.70 Å². The van der Waals surface area contributed by atoms with Gasteiger partial charge in [-0.2, -0.15) is 0 Å². The quantitative estimate of drug-likeness (QED) is 0.286. The summed E-state index contributed by atoms with van der Waals surface area (Å²) in [6.07, 6.45) is 0. The minimum atomic E-state index is -1.50. The zero-order valence-electron chi connectivity index (χ0n) is 2.50. The molecule has 0 aliphatic heterocycles. The van der Waals surface area contributed by atoms with Gasteiger partial charge in [0.05, 0.1) is 0 Å². The van der Waals surface area contributed by atoms with Crippen LogP contribution in [0.15, 0.2) is 0 Å². The number of rotatable bonds is 0. The molecule has 0 aromatic rings. The van der Waals surface area contributed by atoms with Gasteiger partial charge in [0.25, 0.3) is 5.09 Å².